The molecule has 2 aromatic carbocycles. The Bertz CT molecular complexity index is 437. The summed E-state index contributed by atoms with van der Waals surface area (Å²) < 4.78 is 0. The normalized spacial score (nSPS) is 10.5. The van der Waals surface area contributed by atoms with Crippen molar-refractivity contribution in [1.29, 1.82) is 0 Å². The Morgan fingerprint density at radius 3 is 2.77 bits per heavy atom. The van der Waals surface area contributed by atoms with Crippen LogP contribution in [0.4, 0.5) is 0 Å². The van der Waals surface area contributed by atoms with Gasteiger partial charge in [-0.1, -0.05) is 24.3 Å². The third-order valence-electron chi connectivity index (χ3n) is 2.10. The van der Waals surface area contributed by atoms with E-state index in [1.165, 1.54) is 0 Å². The van der Waals surface area contributed by atoms with E-state index in [0.29, 0.717) is 5.88 Å². The minimum Gasteiger partial charge on any atom is -0.508 e. The van der Waals surface area contributed by atoms with Gasteiger partial charge in [-0.2, -0.15) is 0 Å². The molecule has 0 atom stereocenters. The SMILES string of the molecule is Oc1ccc2cccc(CCl)c2c1. The summed E-state index contributed by atoms with van der Waals surface area (Å²) in [6.45, 7) is 0. The zero-order valence-corrected chi connectivity index (χ0v) is 7.75. The third kappa shape index (κ3) is 1.47. The first kappa shape index (κ1) is 8.39. The molecule has 0 aromatic heterocycles. The minimum absolute atomic E-state index is 0.282. The molecule has 0 aliphatic rings. The first-order chi connectivity index (χ1) is 6.31. The van der Waals surface area contributed by atoms with E-state index in [1.807, 2.05) is 24.3 Å². The predicted octanol–water partition coefficient (Wildman–Crippen LogP) is 3.28. The van der Waals surface area contributed by atoms with Crippen molar-refractivity contribution in [3.63, 3.8) is 0 Å². The molecule has 0 unspecified atom stereocenters. The standard InChI is InChI=1S/C11H9ClO/c12-7-9-3-1-2-8-4-5-10(13)6-11(8)9/h1-6,13H,7H2. The van der Waals surface area contributed by atoms with E-state index < -0.39 is 0 Å². The largest absolute Gasteiger partial charge is 0.508 e. The summed E-state index contributed by atoms with van der Waals surface area (Å²) in [6.07, 6.45) is 0. The lowest BCUT2D eigenvalue weighted by atomic mass is 10.1. The number of aromatic hydroxyl groups is 1. The summed E-state index contributed by atoms with van der Waals surface area (Å²) in [6, 6.07) is 11.3. The van der Waals surface area contributed by atoms with Crippen LogP contribution in [0.1, 0.15) is 5.56 Å². The fraction of sp³-hybridized carbons (Fsp3) is 0.0909. The predicted molar refractivity (Wildman–Crippen MR) is 55.2 cm³/mol. The number of benzene rings is 2. The number of phenolic OH excluding ortho intramolecular Hbond substituents is 1. The van der Waals surface area contributed by atoms with Gasteiger partial charge in [0.2, 0.25) is 0 Å². The molecule has 2 heteroatoms. The Hall–Kier alpha value is -1.21. The Morgan fingerprint density at radius 1 is 1.15 bits per heavy atom. The maximum Gasteiger partial charge on any atom is 0.116 e. The molecule has 2 rings (SSSR count). The lowest BCUT2D eigenvalue weighted by Crippen LogP contribution is -1.80. The van der Waals surface area contributed by atoms with Crippen LogP contribution < -0.4 is 0 Å². The highest BCUT2D eigenvalue weighted by Crippen LogP contribution is 2.24. The molecular weight excluding hydrogens is 184 g/mol. The molecule has 0 aliphatic heterocycles. The fourth-order valence-electron chi connectivity index (χ4n) is 1.44. The number of hydrogen-bond acceptors (Lipinski definition) is 1. The van der Waals surface area contributed by atoms with Crippen molar-refractivity contribution in [3.8, 4) is 5.75 Å². The van der Waals surface area contributed by atoms with Crippen molar-refractivity contribution in [1.82, 2.24) is 0 Å². The Labute approximate surface area is 81.6 Å². The van der Waals surface area contributed by atoms with Crippen molar-refractivity contribution >= 4 is 22.4 Å². The third-order valence-corrected chi connectivity index (χ3v) is 2.39. The monoisotopic (exact) mass is 192 g/mol. The summed E-state index contributed by atoms with van der Waals surface area (Å²) in [5.74, 6) is 0.755. The zero-order valence-electron chi connectivity index (χ0n) is 7.00. The van der Waals surface area contributed by atoms with Crippen molar-refractivity contribution in [3.05, 3.63) is 42.0 Å². The first-order valence-corrected chi connectivity index (χ1v) is 4.61. The Kier molecular flexibility index (Phi) is 2.11. The fourth-order valence-corrected chi connectivity index (χ4v) is 1.67. The summed E-state index contributed by atoms with van der Waals surface area (Å²) in [5.41, 5.74) is 1.05. The molecule has 0 saturated carbocycles. The number of hydrogen-bond donors (Lipinski definition) is 1. The van der Waals surface area contributed by atoms with Gasteiger partial charge >= 0.3 is 0 Å². The van der Waals surface area contributed by atoms with Gasteiger partial charge in [-0.25, -0.2) is 0 Å². The molecule has 66 valence electrons. The molecule has 13 heavy (non-hydrogen) atoms. The van der Waals surface area contributed by atoms with Crippen LogP contribution in [0.2, 0.25) is 0 Å². The Morgan fingerprint density at radius 2 is 2.00 bits per heavy atom. The van der Waals surface area contributed by atoms with E-state index in [2.05, 4.69) is 0 Å². The molecule has 0 aliphatic carbocycles. The second-order valence-corrected chi connectivity index (χ2v) is 3.22. The number of phenols is 1. The van der Waals surface area contributed by atoms with Crippen LogP contribution in [0.3, 0.4) is 0 Å². The van der Waals surface area contributed by atoms with Gasteiger partial charge < -0.3 is 5.11 Å². The molecule has 1 nitrogen and oxygen atoms in total. The summed E-state index contributed by atoms with van der Waals surface area (Å²) >= 11 is 5.78. The molecule has 0 heterocycles. The van der Waals surface area contributed by atoms with E-state index in [-0.39, 0.29) is 5.75 Å². The summed E-state index contributed by atoms with van der Waals surface area (Å²) in [7, 11) is 0. The van der Waals surface area contributed by atoms with E-state index >= 15 is 0 Å². The first-order valence-electron chi connectivity index (χ1n) is 4.08. The van der Waals surface area contributed by atoms with E-state index in [4.69, 9.17) is 11.6 Å². The van der Waals surface area contributed by atoms with E-state index in [0.717, 1.165) is 16.3 Å². The van der Waals surface area contributed by atoms with Crippen molar-refractivity contribution in [2.45, 2.75) is 5.88 Å². The van der Waals surface area contributed by atoms with Gasteiger partial charge in [-0.05, 0) is 28.5 Å². The van der Waals surface area contributed by atoms with Crippen LogP contribution in [-0.2, 0) is 5.88 Å². The van der Waals surface area contributed by atoms with Gasteiger partial charge in [0.05, 0.1) is 0 Å². The van der Waals surface area contributed by atoms with Gasteiger partial charge in [0.1, 0.15) is 5.75 Å². The minimum atomic E-state index is 0.282. The van der Waals surface area contributed by atoms with Crippen LogP contribution in [-0.4, -0.2) is 5.11 Å². The van der Waals surface area contributed by atoms with Crippen molar-refractivity contribution in [2.75, 3.05) is 0 Å². The van der Waals surface area contributed by atoms with E-state index in [1.54, 1.807) is 12.1 Å². The summed E-state index contributed by atoms with van der Waals surface area (Å²) in [4.78, 5) is 0. The second kappa shape index (κ2) is 3.27. The molecule has 0 radical (unpaired) electrons. The highest BCUT2D eigenvalue weighted by atomic mass is 35.5. The Balaban J connectivity index is 2.79. The van der Waals surface area contributed by atoms with Gasteiger partial charge in [-0.15, -0.1) is 11.6 Å². The second-order valence-electron chi connectivity index (χ2n) is 2.96. The smallest absolute Gasteiger partial charge is 0.116 e. The summed E-state index contributed by atoms with van der Waals surface area (Å²) in [5, 5.41) is 11.4. The zero-order chi connectivity index (χ0) is 9.26. The van der Waals surface area contributed by atoms with Crippen LogP contribution in [0, 0.1) is 0 Å². The molecule has 0 fully saturated rings. The van der Waals surface area contributed by atoms with Gasteiger partial charge in [-0.3, -0.25) is 0 Å². The average Bonchev–Trinajstić information content (AvgIpc) is 2.17. The van der Waals surface area contributed by atoms with Crippen LogP contribution in [0.25, 0.3) is 10.8 Å². The van der Waals surface area contributed by atoms with Crippen LogP contribution >= 0.6 is 11.6 Å². The quantitative estimate of drug-likeness (QED) is 0.688. The van der Waals surface area contributed by atoms with Crippen molar-refractivity contribution in [2.24, 2.45) is 0 Å². The van der Waals surface area contributed by atoms with Gasteiger partial charge in [0.15, 0.2) is 0 Å². The molecule has 0 bridgehead atoms. The lowest BCUT2D eigenvalue weighted by Gasteiger charge is -2.03. The lowest BCUT2D eigenvalue weighted by molar-refractivity contribution is 0.476. The van der Waals surface area contributed by atoms with E-state index in [9.17, 15) is 5.11 Å². The number of halogens is 1. The maximum absolute atomic E-state index is 9.31. The van der Waals surface area contributed by atoms with Gasteiger partial charge in [0.25, 0.3) is 0 Å². The molecule has 0 spiro atoms. The topological polar surface area (TPSA) is 20.2 Å². The highest BCUT2D eigenvalue weighted by molar-refractivity contribution is 6.18. The average molecular weight is 193 g/mol. The molecule has 0 amide bonds. The maximum atomic E-state index is 9.31. The van der Waals surface area contributed by atoms with Gasteiger partial charge in [0, 0.05) is 5.88 Å². The van der Waals surface area contributed by atoms with Crippen molar-refractivity contribution < 1.29 is 5.11 Å². The molecule has 0 saturated heterocycles. The number of alkyl halides is 1. The number of rotatable bonds is 1. The highest BCUT2D eigenvalue weighted by Gasteiger charge is 1.99. The van der Waals surface area contributed by atoms with Crippen LogP contribution in [0.15, 0.2) is 36.4 Å². The van der Waals surface area contributed by atoms with Crippen LogP contribution in [0.5, 0.6) is 5.75 Å². The molecule has 2 aromatic rings. The number of fused-ring (bicyclic) bond motifs is 1. The molecular formula is C11H9ClO. The molecule has 1 N–H and O–H groups in total.